The van der Waals surface area contributed by atoms with Gasteiger partial charge in [0.15, 0.2) is 0 Å². The molecule has 0 saturated carbocycles. The fraction of sp³-hybridized carbons (Fsp3) is 0.579. The smallest absolute Gasteiger partial charge is 0.247 e. The molecule has 1 aromatic carbocycles. The number of benzene rings is 1. The summed E-state index contributed by atoms with van der Waals surface area (Å²) in [5.74, 6) is 6.01. The van der Waals surface area contributed by atoms with Crippen molar-refractivity contribution in [3.8, 4) is 17.6 Å². The Labute approximate surface area is 161 Å². The average Bonchev–Trinajstić information content (AvgIpc) is 2.64. The lowest BCUT2D eigenvalue weighted by atomic mass is 10.0. The second-order valence-electron chi connectivity index (χ2n) is 6.69. The van der Waals surface area contributed by atoms with Gasteiger partial charge in [0.25, 0.3) is 0 Å². The van der Waals surface area contributed by atoms with E-state index in [1.165, 1.54) is 10.4 Å². The minimum absolute atomic E-state index is 0.0717. The SMILES string of the molecule is CNC[C@H]1Oc2cc(C#CCOC)ccc2S(=O)(=O)N([C@H](C)CO)C[C@@H]1C. The lowest BCUT2D eigenvalue weighted by Crippen LogP contribution is -2.49. The molecule has 0 aliphatic carbocycles. The molecule has 8 heteroatoms. The third kappa shape index (κ3) is 5.00. The van der Waals surface area contributed by atoms with Crippen LogP contribution in [-0.2, 0) is 14.8 Å². The van der Waals surface area contributed by atoms with Gasteiger partial charge in [0.05, 0.1) is 6.61 Å². The summed E-state index contributed by atoms with van der Waals surface area (Å²) in [6.45, 7) is 4.52. The zero-order chi connectivity index (χ0) is 20.0. The van der Waals surface area contributed by atoms with Gasteiger partial charge in [-0.1, -0.05) is 18.8 Å². The van der Waals surface area contributed by atoms with Gasteiger partial charge in [-0.05, 0) is 32.2 Å². The number of rotatable bonds is 5. The van der Waals surface area contributed by atoms with Crippen LogP contribution < -0.4 is 10.1 Å². The molecular weight excluding hydrogens is 368 g/mol. The molecule has 0 radical (unpaired) electrons. The number of hydrogen-bond donors (Lipinski definition) is 2. The quantitative estimate of drug-likeness (QED) is 0.712. The highest BCUT2D eigenvalue weighted by Crippen LogP contribution is 2.33. The first-order chi connectivity index (χ1) is 12.8. The third-order valence-corrected chi connectivity index (χ3v) is 6.54. The molecule has 7 nitrogen and oxygen atoms in total. The summed E-state index contributed by atoms with van der Waals surface area (Å²) in [6.07, 6.45) is -0.222. The molecule has 27 heavy (non-hydrogen) atoms. The van der Waals surface area contributed by atoms with E-state index in [9.17, 15) is 13.5 Å². The summed E-state index contributed by atoms with van der Waals surface area (Å²) in [4.78, 5) is 0.0908. The maximum absolute atomic E-state index is 13.2. The van der Waals surface area contributed by atoms with Crippen molar-refractivity contribution in [2.75, 3.05) is 40.5 Å². The van der Waals surface area contributed by atoms with E-state index in [1.807, 2.05) is 14.0 Å². The van der Waals surface area contributed by atoms with Crippen molar-refractivity contribution < 1.29 is 23.0 Å². The van der Waals surface area contributed by atoms with E-state index in [0.717, 1.165) is 0 Å². The first-order valence-corrected chi connectivity index (χ1v) is 10.3. The Bertz CT molecular complexity index is 800. The number of hydrogen-bond acceptors (Lipinski definition) is 6. The van der Waals surface area contributed by atoms with Crippen LogP contribution in [0.25, 0.3) is 0 Å². The predicted molar refractivity (Wildman–Crippen MR) is 103 cm³/mol. The Morgan fingerprint density at radius 1 is 1.48 bits per heavy atom. The van der Waals surface area contributed by atoms with Gasteiger partial charge in [0.2, 0.25) is 10.0 Å². The van der Waals surface area contributed by atoms with Crippen molar-refractivity contribution in [2.45, 2.75) is 30.9 Å². The van der Waals surface area contributed by atoms with Crippen molar-refractivity contribution in [3.63, 3.8) is 0 Å². The Hall–Kier alpha value is -1.63. The molecule has 0 aromatic heterocycles. The number of nitrogens with one attached hydrogen (secondary N) is 1. The zero-order valence-corrected chi connectivity index (χ0v) is 17.0. The highest BCUT2D eigenvalue weighted by molar-refractivity contribution is 7.89. The Kier molecular flexibility index (Phi) is 7.65. The maximum Gasteiger partial charge on any atom is 0.247 e. The van der Waals surface area contributed by atoms with Crippen LogP contribution in [0.1, 0.15) is 19.4 Å². The zero-order valence-electron chi connectivity index (χ0n) is 16.2. The van der Waals surface area contributed by atoms with Crippen molar-refractivity contribution in [1.82, 2.24) is 9.62 Å². The van der Waals surface area contributed by atoms with Crippen LogP contribution in [0.15, 0.2) is 23.1 Å². The van der Waals surface area contributed by atoms with Crippen molar-refractivity contribution in [2.24, 2.45) is 5.92 Å². The molecule has 0 amide bonds. The van der Waals surface area contributed by atoms with Gasteiger partial charge in [-0.2, -0.15) is 4.31 Å². The van der Waals surface area contributed by atoms with E-state index in [4.69, 9.17) is 9.47 Å². The molecule has 3 atom stereocenters. The van der Waals surface area contributed by atoms with Crippen LogP contribution in [0.5, 0.6) is 5.75 Å². The number of nitrogens with zero attached hydrogens (tertiary/aromatic N) is 1. The first kappa shape index (κ1) is 21.7. The molecule has 0 spiro atoms. The van der Waals surface area contributed by atoms with Gasteiger partial charge in [-0.25, -0.2) is 8.42 Å². The standard InChI is InChI=1S/C19H28N2O5S/c1-14-12-21(15(2)13-22)27(23,24)19-8-7-16(6-5-9-25-4)10-17(19)26-18(14)11-20-3/h7-8,10,14-15,18,20,22H,9,11-13H2,1-4H3/t14-,15+,18+/m0/s1. The van der Waals surface area contributed by atoms with E-state index in [2.05, 4.69) is 17.2 Å². The largest absolute Gasteiger partial charge is 0.487 e. The molecule has 1 aliphatic heterocycles. The van der Waals surface area contributed by atoms with Crippen LogP contribution in [-0.4, -0.2) is 70.4 Å². The molecule has 0 fully saturated rings. The van der Waals surface area contributed by atoms with Crippen molar-refractivity contribution in [1.29, 1.82) is 0 Å². The van der Waals surface area contributed by atoms with E-state index in [-0.39, 0.29) is 42.4 Å². The van der Waals surface area contributed by atoms with Crippen LogP contribution in [0.3, 0.4) is 0 Å². The predicted octanol–water partition coefficient (Wildman–Crippen LogP) is 0.673. The van der Waals surface area contributed by atoms with Gasteiger partial charge < -0.3 is 19.9 Å². The minimum atomic E-state index is -3.81. The van der Waals surface area contributed by atoms with E-state index in [1.54, 1.807) is 26.2 Å². The number of ether oxygens (including phenoxy) is 2. The number of fused-ring (bicyclic) bond motifs is 1. The first-order valence-electron chi connectivity index (χ1n) is 8.91. The highest BCUT2D eigenvalue weighted by atomic mass is 32.2. The maximum atomic E-state index is 13.2. The second-order valence-corrected chi connectivity index (χ2v) is 8.55. The molecule has 1 aliphatic rings. The molecule has 2 rings (SSSR count). The molecule has 0 unspecified atom stereocenters. The van der Waals surface area contributed by atoms with Gasteiger partial charge in [-0.15, -0.1) is 0 Å². The fourth-order valence-electron chi connectivity index (χ4n) is 2.96. The topological polar surface area (TPSA) is 88.1 Å². The molecule has 0 saturated heterocycles. The number of sulfonamides is 1. The molecule has 2 N–H and O–H groups in total. The monoisotopic (exact) mass is 396 g/mol. The van der Waals surface area contributed by atoms with Crippen LogP contribution in [0, 0.1) is 17.8 Å². The molecule has 1 aromatic rings. The van der Waals surface area contributed by atoms with E-state index in [0.29, 0.717) is 12.1 Å². The van der Waals surface area contributed by atoms with Crippen LogP contribution in [0.4, 0.5) is 0 Å². The minimum Gasteiger partial charge on any atom is -0.487 e. The summed E-state index contributed by atoms with van der Waals surface area (Å²) in [5, 5.41) is 12.7. The van der Waals surface area contributed by atoms with Crippen LogP contribution in [0.2, 0.25) is 0 Å². The van der Waals surface area contributed by atoms with Gasteiger partial charge in [0, 0.05) is 37.7 Å². The van der Waals surface area contributed by atoms with Crippen molar-refractivity contribution >= 4 is 10.0 Å². The number of likely N-dealkylation sites (N-methyl/N-ethyl adjacent to an activating group) is 1. The average molecular weight is 397 g/mol. The Morgan fingerprint density at radius 2 is 2.22 bits per heavy atom. The molecular formula is C19H28N2O5S. The molecule has 150 valence electrons. The van der Waals surface area contributed by atoms with Gasteiger partial charge >= 0.3 is 0 Å². The number of aliphatic hydroxyl groups is 1. The number of aliphatic hydroxyl groups excluding tert-OH is 1. The Morgan fingerprint density at radius 3 is 2.85 bits per heavy atom. The van der Waals surface area contributed by atoms with Crippen LogP contribution >= 0.6 is 0 Å². The number of methoxy groups -OCH3 is 1. The van der Waals surface area contributed by atoms with Gasteiger partial charge in [0.1, 0.15) is 23.4 Å². The van der Waals surface area contributed by atoms with Gasteiger partial charge in [-0.3, -0.25) is 0 Å². The normalized spacial score (nSPS) is 23.1. The summed E-state index contributed by atoms with van der Waals surface area (Å²) in [7, 11) is -0.424. The Balaban J connectivity index is 2.56. The summed E-state index contributed by atoms with van der Waals surface area (Å²) < 4.78 is 38.8. The summed E-state index contributed by atoms with van der Waals surface area (Å²) in [6, 6.07) is 4.30. The van der Waals surface area contributed by atoms with E-state index >= 15 is 0 Å². The lowest BCUT2D eigenvalue weighted by molar-refractivity contribution is 0.103. The summed E-state index contributed by atoms with van der Waals surface area (Å²) in [5.41, 5.74) is 0.652. The lowest BCUT2D eigenvalue weighted by Gasteiger charge is -2.36. The fourth-order valence-corrected chi connectivity index (χ4v) is 4.78. The van der Waals surface area contributed by atoms with Crippen molar-refractivity contribution in [3.05, 3.63) is 23.8 Å². The van der Waals surface area contributed by atoms with E-state index < -0.39 is 16.1 Å². The summed E-state index contributed by atoms with van der Waals surface area (Å²) >= 11 is 0. The molecule has 0 bridgehead atoms. The molecule has 1 heterocycles. The highest BCUT2D eigenvalue weighted by Gasteiger charge is 2.37. The third-order valence-electron chi connectivity index (χ3n) is 4.52. The second kappa shape index (κ2) is 9.53.